The van der Waals surface area contributed by atoms with Crippen molar-refractivity contribution >= 4 is 0 Å². The van der Waals surface area contributed by atoms with E-state index in [-0.39, 0.29) is 4.65 Å². The zero-order valence-corrected chi connectivity index (χ0v) is 12.5. The SMILES string of the molecule is C=C(COCCCCCCCC)[N+]([O-])(CC)CC. The number of hydrogen-bond donors (Lipinski definition) is 0. The smallest absolute Gasteiger partial charge is 0.128 e. The van der Waals surface area contributed by atoms with Crippen molar-refractivity contribution in [1.82, 2.24) is 0 Å². The molecule has 0 spiro atoms. The van der Waals surface area contributed by atoms with E-state index in [2.05, 4.69) is 13.5 Å². The Bertz CT molecular complexity index is 213. The first-order chi connectivity index (χ1) is 8.60. The van der Waals surface area contributed by atoms with Crippen LogP contribution in [-0.2, 0) is 4.74 Å². The van der Waals surface area contributed by atoms with Crippen molar-refractivity contribution in [2.24, 2.45) is 0 Å². The van der Waals surface area contributed by atoms with Crippen molar-refractivity contribution in [2.75, 3.05) is 26.3 Å². The van der Waals surface area contributed by atoms with Crippen molar-refractivity contribution in [3.05, 3.63) is 17.5 Å². The Morgan fingerprint density at radius 2 is 1.56 bits per heavy atom. The molecule has 0 aliphatic carbocycles. The van der Waals surface area contributed by atoms with E-state index in [1.807, 2.05) is 13.8 Å². The lowest BCUT2D eigenvalue weighted by atomic mass is 10.1. The van der Waals surface area contributed by atoms with E-state index in [9.17, 15) is 5.21 Å². The molecule has 18 heavy (non-hydrogen) atoms. The van der Waals surface area contributed by atoms with Crippen molar-refractivity contribution in [3.8, 4) is 0 Å². The average molecular weight is 257 g/mol. The summed E-state index contributed by atoms with van der Waals surface area (Å²) in [7, 11) is 0. The molecule has 0 N–H and O–H groups in total. The van der Waals surface area contributed by atoms with Gasteiger partial charge >= 0.3 is 0 Å². The van der Waals surface area contributed by atoms with Gasteiger partial charge in [0, 0.05) is 6.61 Å². The highest BCUT2D eigenvalue weighted by molar-refractivity contribution is 4.84. The number of quaternary nitrogens is 1. The maximum absolute atomic E-state index is 12.1. The topological polar surface area (TPSA) is 32.3 Å². The number of unbranched alkanes of at least 4 members (excludes halogenated alkanes) is 5. The van der Waals surface area contributed by atoms with E-state index in [1.54, 1.807) is 0 Å². The van der Waals surface area contributed by atoms with E-state index < -0.39 is 0 Å². The molecule has 0 atom stereocenters. The number of rotatable bonds is 12. The van der Waals surface area contributed by atoms with Gasteiger partial charge in [0.15, 0.2) is 0 Å². The highest BCUT2D eigenvalue weighted by Crippen LogP contribution is 2.14. The van der Waals surface area contributed by atoms with E-state index >= 15 is 0 Å². The maximum atomic E-state index is 12.1. The largest absolute Gasteiger partial charge is 0.628 e. The molecule has 0 aromatic heterocycles. The van der Waals surface area contributed by atoms with Crippen molar-refractivity contribution in [1.29, 1.82) is 0 Å². The van der Waals surface area contributed by atoms with Crippen LogP contribution < -0.4 is 0 Å². The normalized spacial score (nSPS) is 11.8. The number of ether oxygens (including phenoxy) is 1. The molecule has 0 unspecified atom stereocenters. The minimum absolute atomic E-state index is 0.323. The summed E-state index contributed by atoms with van der Waals surface area (Å²) in [5.41, 5.74) is 0.644. The van der Waals surface area contributed by atoms with Crippen LogP contribution in [0, 0.1) is 5.21 Å². The Morgan fingerprint density at radius 3 is 2.11 bits per heavy atom. The van der Waals surface area contributed by atoms with Crippen LogP contribution in [0.25, 0.3) is 0 Å². The molecule has 0 fully saturated rings. The molecule has 0 bridgehead atoms. The Labute approximate surface area is 113 Å². The quantitative estimate of drug-likeness (QED) is 0.298. The van der Waals surface area contributed by atoms with E-state index in [1.165, 1.54) is 32.1 Å². The van der Waals surface area contributed by atoms with Crippen LogP contribution in [0.3, 0.4) is 0 Å². The van der Waals surface area contributed by atoms with Gasteiger partial charge in [0.2, 0.25) is 0 Å². The van der Waals surface area contributed by atoms with E-state index in [0.717, 1.165) is 13.0 Å². The fourth-order valence-electron chi connectivity index (χ4n) is 1.96. The first-order valence-electron chi connectivity index (χ1n) is 7.44. The molecule has 0 aromatic rings. The van der Waals surface area contributed by atoms with Gasteiger partial charge in [-0.1, -0.05) is 39.0 Å². The molecule has 0 rings (SSSR count). The van der Waals surface area contributed by atoms with Crippen molar-refractivity contribution in [2.45, 2.75) is 59.3 Å². The van der Waals surface area contributed by atoms with Gasteiger partial charge in [-0.15, -0.1) is 0 Å². The average Bonchev–Trinajstić information content (AvgIpc) is 2.40. The van der Waals surface area contributed by atoms with Crippen molar-refractivity contribution < 1.29 is 9.38 Å². The maximum Gasteiger partial charge on any atom is 0.128 e. The summed E-state index contributed by atoms with van der Waals surface area (Å²) in [4.78, 5) is 0. The predicted molar refractivity (Wildman–Crippen MR) is 78.0 cm³/mol. The summed E-state index contributed by atoms with van der Waals surface area (Å²) in [5, 5.41) is 12.1. The lowest BCUT2D eigenvalue weighted by Gasteiger charge is -2.41. The van der Waals surface area contributed by atoms with Crippen LogP contribution in [0.2, 0.25) is 0 Å². The Morgan fingerprint density at radius 1 is 1.00 bits per heavy atom. The van der Waals surface area contributed by atoms with Gasteiger partial charge in [-0.2, -0.15) is 0 Å². The Hall–Kier alpha value is -0.380. The van der Waals surface area contributed by atoms with E-state index in [4.69, 9.17) is 4.74 Å². The number of hydroxylamine groups is 3. The van der Waals surface area contributed by atoms with Crippen LogP contribution in [0.1, 0.15) is 59.3 Å². The highest BCUT2D eigenvalue weighted by atomic mass is 16.6. The number of likely N-dealkylation sites (N-methyl/N-ethyl adjacent to an activating group) is 1. The minimum Gasteiger partial charge on any atom is -0.628 e. The molecule has 0 radical (unpaired) electrons. The highest BCUT2D eigenvalue weighted by Gasteiger charge is 2.16. The summed E-state index contributed by atoms with van der Waals surface area (Å²) in [6, 6.07) is 0. The summed E-state index contributed by atoms with van der Waals surface area (Å²) in [6.07, 6.45) is 7.56. The molecule has 0 saturated heterocycles. The standard InChI is InChI=1S/C15H31NO2/c1-5-8-9-10-11-12-13-18-14-15(4)16(17,6-2)7-3/h4-14H2,1-3H3. The summed E-state index contributed by atoms with van der Waals surface area (Å²) in [5.74, 6) is 0. The molecule has 108 valence electrons. The van der Waals surface area contributed by atoms with Gasteiger partial charge < -0.3 is 14.6 Å². The zero-order valence-electron chi connectivity index (χ0n) is 12.5. The molecule has 0 aliphatic rings. The van der Waals surface area contributed by atoms with Crippen molar-refractivity contribution in [3.63, 3.8) is 0 Å². The third-order valence-electron chi connectivity index (χ3n) is 3.51. The second kappa shape index (κ2) is 10.5. The molecule has 0 heterocycles. The fourth-order valence-corrected chi connectivity index (χ4v) is 1.96. The first-order valence-corrected chi connectivity index (χ1v) is 7.44. The van der Waals surface area contributed by atoms with Crippen LogP contribution in [0.15, 0.2) is 12.3 Å². The van der Waals surface area contributed by atoms with Gasteiger partial charge in [0.05, 0.1) is 13.1 Å². The molecular weight excluding hydrogens is 226 g/mol. The molecule has 0 aromatic carbocycles. The summed E-state index contributed by atoms with van der Waals surface area (Å²) < 4.78 is 5.21. The van der Waals surface area contributed by atoms with Gasteiger partial charge in [0.25, 0.3) is 0 Å². The van der Waals surface area contributed by atoms with Gasteiger partial charge in [-0.05, 0) is 26.8 Å². The lowest BCUT2D eigenvalue weighted by molar-refractivity contribution is -0.840. The second-order valence-electron chi connectivity index (χ2n) is 4.91. The Balaban J connectivity index is 3.51. The van der Waals surface area contributed by atoms with Gasteiger partial charge in [-0.25, -0.2) is 0 Å². The van der Waals surface area contributed by atoms with Crippen LogP contribution in [0.4, 0.5) is 0 Å². The molecular formula is C15H31NO2. The summed E-state index contributed by atoms with van der Waals surface area (Å²) >= 11 is 0. The van der Waals surface area contributed by atoms with Crippen LogP contribution in [0.5, 0.6) is 0 Å². The number of nitrogens with zero attached hydrogens (tertiary/aromatic N) is 1. The first kappa shape index (κ1) is 17.6. The lowest BCUT2D eigenvalue weighted by Crippen LogP contribution is -2.41. The summed E-state index contributed by atoms with van der Waals surface area (Å²) in [6.45, 7) is 12.1. The van der Waals surface area contributed by atoms with Crippen LogP contribution in [-0.4, -0.2) is 30.9 Å². The second-order valence-corrected chi connectivity index (χ2v) is 4.91. The van der Waals surface area contributed by atoms with E-state index in [0.29, 0.717) is 25.4 Å². The van der Waals surface area contributed by atoms with Crippen LogP contribution >= 0.6 is 0 Å². The molecule has 0 saturated carbocycles. The molecule has 0 amide bonds. The molecule has 3 heteroatoms. The minimum atomic E-state index is -0.323. The zero-order chi connectivity index (χ0) is 13.9. The fraction of sp³-hybridized carbons (Fsp3) is 0.867. The third kappa shape index (κ3) is 7.14. The molecule has 0 aliphatic heterocycles. The number of hydrogen-bond acceptors (Lipinski definition) is 2. The third-order valence-corrected chi connectivity index (χ3v) is 3.51. The Kier molecular flexibility index (Phi) is 10.3. The monoisotopic (exact) mass is 257 g/mol. The van der Waals surface area contributed by atoms with Gasteiger partial charge in [-0.3, -0.25) is 0 Å². The predicted octanol–water partition coefficient (Wildman–Crippen LogP) is 4.23. The molecule has 3 nitrogen and oxygen atoms in total. The van der Waals surface area contributed by atoms with Gasteiger partial charge in [0.1, 0.15) is 12.3 Å².